The van der Waals surface area contributed by atoms with Crippen LogP contribution in [0.4, 0.5) is 0 Å². The molecule has 0 aliphatic rings. The highest BCUT2D eigenvalue weighted by Crippen LogP contribution is 2.26. The number of carbonyl (C=O) groups is 1. The fourth-order valence-corrected chi connectivity index (χ4v) is 2.89. The van der Waals surface area contributed by atoms with Crippen LogP contribution in [0.25, 0.3) is 0 Å². The lowest BCUT2D eigenvalue weighted by molar-refractivity contribution is -0.121. The summed E-state index contributed by atoms with van der Waals surface area (Å²) in [5.41, 5.74) is -0.156. The van der Waals surface area contributed by atoms with E-state index in [2.05, 4.69) is 15.5 Å². The van der Waals surface area contributed by atoms with Crippen molar-refractivity contribution in [3.05, 3.63) is 33.1 Å². The Morgan fingerprint density at radius 1 is 1.45 bits per heavy atom. The highest BCUT2D eigenvalue weighted by molar-refractivity contribution is 7.16. The van der Waals surface area contributed by atoms with Crippen LogP contribution in [0.5, 0.6) is 0 Å². The first kappa shape index (κ1) is 17.0. The van der Waals surface area contributed by atoms with Gasteiger partial charge in [0.2, 0.25) is 11.8 Å². The fraction of sp³-hybridized carbons (Fsp3) is 0.533. The highest BCUT2D eigenvalue weighted by atomic mass is 35.5. The Hall–Kier alpha value is -1.40. The summed E-state index contributed by atoms with van der Waals surface area (Å²) < 4.78 is 5.90. The van der Waals surface area contributed by atoms with Gasteiger partial charge in [0, 0.05) is 23.1 Å². The Bertz CT molecular complexity index is 645. The molecule has 2 rings (SSSR count). The molecular weight excluding hydrogens is 322 g/mol. The zero-order valence-electron chi connectivity index (χ0n) is 13.1. The topological polar surface area (TPSA) is 68.0 Å². The van der Waals surface area contributed by atoms with Gasteiger partial charge in [-0.2, -0.15) is 4.98 Å². The van der Waals surface area contributed by atoms with Crippen molar-refractivity contribution in [2.45, 2.75) is 52.0 Å². The second kappa shape index (κ2) is 6.79. The molecule has 0 aromatic carbocycles. The predicted molar refractivity (Wildman–Crippen MR) is 87.2 cm³/mol. The van der Waals surface area contributed by atoms with Gasteiger partial charge in [0.1, 0.15) is 0 Å². The van der Waals surface area contributed by atoms with E-state index in [1.54, 1.807) is 0 Å². The number of nitrogens with zero attached hydrogens (tertiary/aromatic N) is 2. The molecule has 0 unspecified atom stereocenters. The van der Waals surface area contributed by atoms with E-state index < -0.39 is 0 Å². The van der Waals surface area contributed by atoms with Crippen molar-refractivity contribution >= 4 is 28.8 Å². The van der Waals surface area contributed by atoms with Gasteiger partial charge in [0.15, 0.2) is 5.82 Å². The minimum absolute atomic E-state index is 0.0486. The number of hydrogen-bond acceptors (Lipinski definition) is 5. The first-order chi connectivity index (χ1) is 10.3. The Labute approximate surface area is 139 Å². The van der Waals surface area contributed by atoms with Crippen molar-refractivity contribution in [2.75, 3.05) is 0 Å². The van der Waals surface area contributed by atoms with E-state index in [1.807, 2.05) is 39.8 Å². The number of hydrogen-bond donors (Lipinski definition) is 1. The van der Waals surface area contributed by atoms with Crippen LogP contribution in [0, 0.1) is 0 Å². The van der Waals surface area contributed by atoms with E-state index >= 15 is 0 Å². The third-order valence-corrected chi connectivity index (χ3v) is 4.52. The zero-order valence-corrected chi connectivity index (χ0v) is 14.7. The van der Waals surface area contributed by atoms with E-state index in [-0.39, 0.29) is 17.4 Å². The molecule has 1 N–H and O–H groups in total. The molecule has 7 heteroatoms. The van der Waals surface area contributed by atoms with Gasteiger partial charge in [-0.25, -0.2) is 0 Å². The molecule has 0 fully saturated rings. The number of halogens is 1. The van der Waals surface area contributed by atoms with Gasteiger partial charge in [-0.05, 0) is 19.1 Å². The van der Waals surface area contributed by atoms with Crippen molar-refractivity contribution in [3.8, 4) is 0 Å². The van der Waals surface area contributed by atoms with Crippen LogP contribution < -0.4 is 5.32 Å². The molecule has 0 spiro atoms. The predicted octanol–water partition coefficient (Wildman–Crippen LogP) is 3.89. The average molecular weight is 342 g/mol. The molecule has 0 radical (unpaired) electrons. The molecule has 5 nitrogen and oxygen atoms in total. The summed E-state index contributed by atoms with van der Waals surface area (Å²) in [6.45, 7) is 7.98. The van der Waals surface area contributed by atoms with E-state index in [9.17, 15) is 4.79 Å². The molecule has 0 aliphatic heterocycles. The smallest absolute Gasteiger partial charge is 0.227 e. The second-order valence-corrected chi connectivity index (χ2v) is 7.94. The number of aryl methyl sites for hydroxylation is 1. The summed E-state index contributed by atoms with van der Waals surface area (Å²) in [6.07, 6.45) is 0.752. The number of carbonyl (C=O) groups excluding carboxylic acids is 1. The Morgan fingerprint density at radius 3 is 2.73 bits per heavy atom. The highest BCUT2D eigenvalue weighted by Gasteiger charge is 2.21. The summed E-state index contributed by atoms with van der Waals surface area (Å²) in [4.78, 5) is 17.3. The van der Waals surface area contributed by atoms with Crippen LogP contribution in [0.2, 0.25) is 4.34 Å². The zero-order chi connectivity index (χ0) is 16.3. The lowest BCUT2D eigenvalue weighted by atomic mass is 9.96. The minimum Gasteiger partial charge on any atom is -0.349 e. The van der Waals surface area contributed by atoms with Crippen molar-refractivity contribution in [1.29, 1.82) is 0 Å². The van der Waals surface area contributed by atoms with E-state index in [0.717, 1.165) is 9.21 Å². The number of thiophene rings is 1. The molecule has 2 aromatic rings. The minimum atomic E-state index is -0.156. The lowest BCUT2D eigenvalue weighted by Gasteiger charge is -2.11. The van der Waals surface area contributed by atoms with Crippen LogP contribution in [0.3, 0.4) is 0 Å². The number of rotatable bonds is 5. The van der Waals surface area contributed by atoms with Gasteiger partial charge in [0.25, 0.3) is 0 Å². The number of nitrogens with one attached hydrogen (secondary N) is 1. The van der Waals surface area contributed by atoms with Gasteiger partial charge in [0.05, 0.1) is 10.4 Å². The molecule has 0 bridgehead atoms. The van der Waals surface area contributed by atoms with E-state index in [1.165, 1.54) is 11.3 Å². The molecule has 2 heterocycles. The summed E-state index contributed by atoms with van der Waals surface area (Å²) in [5, 5.41) is 6.89. The third-order valence-electron chi connectivity index (χ3n) is 3.10. The van der Waals surface area contributed by atoms with Gasteiger partial charge in [-0.3, -0.25) is 4.79 Å². The summed E-state index contributed by atoms with van der Waals surface area (Å²) in [6, 6.07) is 3.69. The van der Waals surface area contributed by atoms with Gasteiger partial charge < -0.3 is 9.84 Å². The first-order valence-electron chi connectivity index (χ1n) is 7.13. The Kier molecular flexibility index (Phi) is 5.24. The standard InChI is InChI=1S/C15H20ClN3O2S/c1-9(10-5-6-11(16)22-10)17-12(20)7-8-13-18-14(19-21-13)15(2,3)4/h5-6,9H,7-8H2,1-4H3,(H,17,20)/t9-/m1/s1. The van der Waals surface area contributed by atoms with Crippen molar-refractivity contribution in [2.24, 2.45) is 0 Å². The molecule has 2 aromatic heterocycles. The molecule has 1 amide bonds. The molecule has 120 valence electrons. The van der Waals surface area contributed by atoms with E-state index in [0.29, 0.717) is 24.6 Å². The van der Waals surface area contributed by atoms with Gasteiger partial charge >= 0.3 is 0 Å². The SMILES string of the molecule is C[C@@H](NC(=O)CCc1nc(C(C)(C)C)no1)c1ccc(Cl)s1. The van der Waals surface area contributed by atoms with E-state index in [4.69, 9.17) is 16.1 Å². The molecule has 1 atom stereocenters. The molecule has 0 saturated carbocycles. The maximum absolute atomic E-state index is 12.0. The van der Waals surface area contributed by atoms with Crippen LogP contribution in [0.1, 0.15) is 56.7 Å². The largest absolute Gasteiger partial charge is 0.349 e. The van der Waals surface area contributed by atoms with Crippen LogP contribution in [0.15, 0.2) is 16.7 Å². The lowest BCUT2D eigenvalue weighted by Crippen LogP contribution is -2.26. The second-order valence-electron chi connectivity index (χ2n) is 6.19. The quantitative estimate of drug-likeness (QED) is 0.895. The summed E-state index contributed by atoms with van der Waals surface area (Å²) >= 11 is 7.37. The molecule has 0 saturated heterocycles. The Morgan fingerprint density at radius 2 is 2.18 bits per heavy atom. The molecule has 22 heavy (non-hydrogen) atoms. The fourth-order valence-electron chi connectivity index (χ4n) is 1.83. The van der Waals surface area contributed by atoms with Crippen molar-refractivity contribution in [3.63, 3.8) is 0 Å². The maximum atomic E-state index is 12.0. The third kappa shape index (κ3) is 4.55. The summed E-state index contributed by atoms with van der Waals surface area (Å²) in [5.74, 6) is 1.10. The monoisotopic (exact) mass is 341 g/mol. The number of amides is 1. The summed E-state index contributed by atoms with van der Waals surface area (Å²) in [7, 11) is 0. The molecular formula is C15H20ClN3O2S. The normalized spacial score (nSPS) is 13.1. The van der Waals surface area contributed by atoms with Crippen LogP contribution in [-0.4, -0.2) is 16.0 Å². The van der Waals surface area contributed by atoms with Crippen LogP contribution in [-0.2, 0) is 16.6 Å². The Balaban J connectivity index is 1.84. The van der Waals surface area contributed by atoms with Crippen molar-refractivity contribution < 1.29 is 9.32 Å². The van der Waals surface area contributed by atoms with Crippen LogP contribution >= 0.6 is 22.9 Å². The van der Waals surface area contributed by atoms with Crippen molar-refractivity contribution in [1.82, 2.24) is 15.5 Å². The van der Waals surface area contributed by atoms with Gasteiger partial charge in [-0.15, -0.1) is 11.3 Å². The number of aromatic nitrogens is 2. The molecule has 0 aliphatic carbocycles. The first-order valence-corrected chi connectivity index (χ1v) is 8.33. The average Bonchev–Trinajstić information content (AvgIpc) is 3.04. The maximum Gasteiger partial charge on any atom is 0.227 e. The van der Waals surface area contributed by atoms with Gasteiger partial charge in [-0.1, -0.05) is 37.5 Å².